The van der Waals surface area contributed by atoms with Gasteiger partial charge in [-0.15, -0.1) is 0 Å². The van der Waals surface area contributed by atoms with E-state index in [1.807, 2.05) is 13.8 Å². The molecule has 0 fully saturated rings. The third kappa shape index (κ3) is 4.04. The second kappa shape index (κ2) is 7.64. The van der Waals surface area contributed by atoms with Crippen LogP contribution in [-0.2, 0) is 4.79 Å². The standard InChI is InChI=1S/C17H16Cl2N2O3/c1-10(2)15(11-6-8-12(9-7-11)21(23)24)17(22)20-14-5-3-4-13(18)16(14)19/h3-10,15H,1-2H3,(H,20,22). The Labute approximate surface area is 149 Å². The Morgan fingerprint density at radius 3 is 2.29 bits per heavy atom. The Kier molecular flexibility index (Phi) is 5.80. The maximum Gasteiger partial charge on any atom is 0.269 e. The molecule has 1 N–H and O–H groups in total. The second-order valence-electron chi connectivity index (χ2n) is 5.66. The van der Waals surface area contributed by atoms with Crippen molar-refractivity contribution in [2.24, 2.45) is 5.92 Å². The zero-order valence-corrected chi connectivity index (χ0v) is 14.6. The molecule has 0 aliphatic rings. The van der Waals surface area contributed by atoms with Gasteiger partial charge in [0.15, 0.2) is 0 Å². The lowest BCUT2D eigenvalue weighted by Crippen LogP contribution is -2.25. The van der Waals surface area contributed by atoms with E-state index in [9.17, 15) is 14.9 Å². The second-order valence-corrected chi connectivity index (χ2v) is 6.45. The van der Waals surface area contributed by atoms with Crippen molar-refractivity contribution < 1.29 is 9.72 Å². The molecule has 0 aromatic heterocycles. The largest absolute Gasteiger partial charge is 0.324 e. The molecule has 0 saturated carbocycles. The number of nitro benzene ring substituents is 1. The average molecular weight is 367 g/mol. The smallest absolute Gasteiger partial charge is 0.269 e. The number of amides is 1. The molecule has 2 aromatic carbocycles. The molecule has 0 aliphatic heterocycles. The van der Waals surface area contributed by atoms with Crippen LogP contribution in [0.4, 0.5) is 11.4 Å². The summed E-state index contributed by atoms with van der Waals surface area (Å²) in [4.78, 5) is 23.0. The predicted molar refractivity (Wildman–Crippen MR) is 95.8 cm³/mol. The van der Waals surface area contributed by atoms with Gasteiger partial charge < -0.3 is 5.32 Å². The molecule has 24 heavy (non-hydrogen) atoms. The van der Waals surface area contributed by atoms with Crippen LogP contribution in [-0.4, -0.2) is 10.8 Å². The number of hydrogen-bond donors (Lipinski definition) is 1. The van der Waals surface area contributed by atoms with Crippen LogP contribution in [0, 0.1) is 16.0 Å². The van der Waals surface area contributed by atoms with Crippen LogP contribution in [0.15, 0.2) is 42.5 Å². The van der Waals surface area contributed by atoms with Crippen LogP contribution in [0.3, 0.4) is 0 Å². The maximum absolute atomic E-state index is 12.7. The van der Waals surface area contributed by atoms with Crippen LogP contribution < -0.4 is 5.32 Å². The molecule has 2 rings (SSSR count). The molecular weight excluding hydrogens is 351 g/mol. The predicted octanol–water partition coefficient (Wildman–Crippen LogP) is 5.28. The first kappa shape index (κ1) is 18.2. The number of benzene rings is 2. The molecule has 1 atom stereocenters. The van der Waals surface area contributed by atoms with Crippen molar-refractivity contribution in [1.82, 2.24) is 0 Å². The molecule has 0 heterocycles. The van der Waals surface area contributed by atoms with E-state index in [1.165, 1.54) is 12.1 Å². The van der Waals surface area contributed by atoms with Gasteiger partial charge >= 0.3 is 0 Å². The minimum absolute atomic E-state index is 0.00980. The number of nitro groups is 1. The molecule has 0 aliphatic carbocycles. The highest BCUT2D eigenvalue weighted by Gasteiger charge is 2.25. The Morgan fingerprint density at radius 2 is 1.75 bits per heavy atom. The number of rotatable bonds is 5. The molecule has 1 amide bonds. The van der Waals surface area contributed by atoms with E-state index in [0.717, 1.165) is 0 Å². The van der Waals surface area contributed by atoms with Crippen LogP contribution >= 0.6 is 23.2 Å². The first-order valence-corrected chi connectivity index (χ1v) is 8.06. The summed E-state index contributed by atoms with van der Waals surface area (Å²) in [6.07, 6.45) is 0. The lowest BCUT2D eigenvalue weighted by atomic mass is 9.87. The van der Waals surface area contributed by atoms with E-state index in [-0.39, 0.29) is 22.5 Å². The number of hydrogen-bond acceptors (Lipinski definition) is 3. The van der Waals surface area contributed by atoms with Gasteiger partial charge in [0.05, 0.1) is 26.6 Å². The summed E-state index contributed by atoms with van der Waals surface area (Å²) in [7, 11) is 0. The van der Waals surface area contributed by atoms with Gasteiger partial charge in [-0.1, -0.05) is 55.2 Å². The summed E-state index contributed by atoms with van der Waals surface area (Å²) in [5.41, 5.74) is 1.12. The van der Waals surface area contributed by atoms with E-state index in [0.29, 0.717) is 16.3 Å². The van der Waals surface area contributed by atoms with E-state index in [4.69, 9.17) is 23.2 Å². The lowest BCUT2D eigenvalue weighted by Gasteiger charge is -2.21. The quantitative estimate of drug-likeness (QED) is 0.577. The van der Waals surface area contributed by atoms with Crippen LogP contribution in [0.5, 0.6) is 0 Å². The van der Waals surface area contributed by atoms with Crippen molar-refractivity contribution in [1.29, 1.82) is 0 Å². The maximum atomic E-state index is 12.7. The van der Waals surface area contributed by atoms with Crippen molar-refractivity contribution in [2.45, 2.75) is 19.8 Å². The molecule has 0 saturated heterocycles. The fourth-order valence-electron chi connectivity index (χ4n) is 2.45. The normalized spacial score (nSPS) is 12.0. The van der Waals surface area contributed by atoms with E-state index in [1.54, 1.807) is 30.3 Å². The van der Waals surface area contributed by atoms with Gasteiger partial charge in [-0.25, -0.2) is 0 Å². The van der Waals surface area contributed by atoms with Gasteiger partial charge in [-0.05, 0) is 23.6 Å². The summed E-state index contributed by atoms with van der Waals surface area (Å²) in [5.74, 6) is -0.728. The minimum atomic E-state index is -0.472. The van der Waals surface area contributed by atoms with E-state index in [2.05, 4.69) is 5.32 Å². The minimum Gasteiger partial charge on any atom is -0.324 e. The average Bonchev–Trinajstić information content (AvgIpc) is 2.52. The van der Waals surface area contributed by atoms with Crippen LogP contribution in [0.1, 0.15) is 25.3 Å². The summed E-state index contributed by atoms with van der Waals surface area (Å²) in [6.45, 7) is 3.82. The fourth-order valence-corrected chi connectivity index (χ4v) is 2.80. The first-order chi connectivity index (χ1) is 11.3. The number of nitrogens with one attached hydrogen (secondary N) is 1. The summed E-state index contributed by atoms with van der Waals surface area (Å²) < 4.78 is 0. The Morgan fingerprint density at radius 1 is 1.12 bits per heavy atom. The molecule has 0 bridgehead atoms. The Hall–Kier alpha value is -2.11. The van der Waals surface area contributed by atoms with Crippen molar-refractivity contribution >= 4 is 40.5 Å². The third-order valence-electron chi connectivity index (χ3n) is 3.62. The molecule has 126 valence electrons. The van der Waals surface area contributed by atoms with Crippen LogP contribution in [0.2, 0.25) is 10.0 Å². The monoisotopic (exact) mass is 366 g/mol. The molecule has 0 radical (unpaired) electrons. The van der Waals surface area contributed by atoms with E-state index >= 15 is 0 Å². The summed E-state index contributed by atoms with van der Waals surface area (Å²) in [5, 5.41) is 14.2. The molecule has 5 nitrogen and oxygen atoms in total. The van der Waals surface area contributed by atoms with Gasteiger partial charge in [0, 0.05) is 12.1 Å². The van der Waals surface area contributed by atoms with Gasteiger partial charge in [0.2, 0.25) is 5.91 Å². The number of carbonyl (C=O) groups excluding carboxylic acids is 1. The Bertz CT molecular complexity index is 761. The highest BCUT2D eigenvalue weighted by molar-refractivity contribution is 6.44. The fraction of sp³-hybridized carbons (Fsp3) is 0.235. The molecule has 0 spiro atoms. The molecular formula is C17H16Cl2N2O3. The highest BCUT2D eigenvalue weighted by atomic mass is 35.5. The van der Waals surface area contributed by atoms with Gasteiger partial charge in [0.25, 0.3) is 5.69 Å². The zero-order chi connectivity index (χ0) is 17.9. The lowest BCUT2D eigenvalue weighted by molar-refractivity contribution is -0.384. The summed E-state index contributed by atoms with van der Waals surface area (Å²) in [6, 6.07) is 11.0. The number of carbonyl (C=O) groups is 1. The number of nitrogens with zero attached hydrogens (tertiary/aromatic N) is 1. The zero-order valence-electron chi connectivity index (χ0n) is 13.1. The third-order valence-corrected chi connectivity index (χ3v) is 4.44. The Balaban J connectivity index is 2.28. The molecule has 7 heteroatoms. The SMILES string of the molecule is CC(C)C(C(=O)Nc1cccc(Cl)c1Cl)c1ccc([N+](=O)[O-])cc1. The number of non-ortho nitro benzene ring substituents is 1. The van der Waals surface area contributed by atoms with Crippen molar-refractivity contribution in [3.05, 3.63) is 68.2 Å². The van der Waals surface area contributed by atoms with Crippen molar-refractivity contribution in [3.63, 3.8) is 0 Å². The first-order valence-electron chi connectivity index (χ1n) is 7.30. The van der Waals surface area contributed by atoms with Gasteiger partial charge in [-0.3, -0.25) is 14.9 Å². The highest BCUT2D eigenvalue weighted by Crippen LogP contribution is 2.32. The van der Waals surface area contributed by atoms with Gasteiger partial charge in [0.1, 0.15) is 0 Å². The number of anilines is 1. The van der Waals surface area contributed by atoms with Crippen molar-refractivity contribution in [3.8, 4) is 0 Å². The molecule has 2 aromatic rings. The van der Waals surface area contributed by atoms with Gasteiger partial charge in [-0.2, -0.15) is 0 Å². The van der Waals surface area contributed by atoms with Crippen LogP contribution in [0.25, 0.3) is 0 Å². The topological polar surface area (TPSA) is 72.2 Å². The number of halogens is 2. The van der Waals surface area contributed by atoms with E-state index < -0.39 is 10.8 Å². The summed E-state index contributed by atoms with van der Waals surface area (Å²) >= 11 is 12.1. The molecule has 1 unspecified atom stereocenters. The van der Waals surface area contributed by atoms with Crippen molar-refractivity contribution in [2.75, 3.05) is 5.32 Å².